The molecule has 0 aromatic rings. The summed E-state index contributed by atoms with van der Waals surface area (Å²) in [5.41, 5.74) is 1.16. The topological polar surface area (TPSA) is 9.23 Å². The number of rotatable bonds is 4. The molecule has 1 heteroatoms. The van der Waals surface area contributed by atoms with Crippen molar-refractivity contribution in [3.05, 3.63) is 24.3 Å². The van der Waals surface area contributed by atoms with Gasteiger partial charge in [0.25, 0.3) is 0 Å². The second-order valence-electron chi connectivity index (χ2n) is 2.17. The SMILES string of the molecule is C=C/C=C(\C)COCC#CC. The third-order valence-electron chi connectivity index (χ3n) is 1.08. The largest absolute Gasteiger partial charge is 0.364 e. The van der Waals surface area contributed by atoms with Crippen LogP contribution in [0.2, 0.25) is 0 Å². The summed E-state index contributed by atoms with van der Waals surface area (Å²) in [6.45, 7) is 8.54. The summed E-state index contributed by atoms with van der Waals surface area (Å²) in [5, 5.41) is 0. The number of ether oxygens (including phenoxy) is 1. The molecule has 0 bridgehead atoms. The van der Waals surface area contributed by atoms with Gasteiger partial charge >= 0.3 is 0 Å². The number of allylic oxidation sites excluding steroid dienone is 2. The summed E-state index contributed by atoms with van der Waals surface area (Å²) in [6, 6.07) is 0. The van der Waals surface area contributed by atoms with Crippen molar-refractivity contribution >= 4 is 0 Å². The lowest BCUT2D eigenvalue weighted by molar-refractivity contribution is 0.192. The minimum Gasteiger partial charge on any atom is -0.364 e. The van der Waals surface area contributed by atoms with Crippen LogP contribution in [0.25, 0.3) is 0 Å². The van der Waals surface area contributed by atoms with Crippen LogP contribution in [-0.2, 0) is 4.74 Å². The maximum Gasteiger partial charge on any atom is 0.108 e. The fraction of sp³-hybridized carbons (Fsp3) is 0.400. The smallest absolute Gasteiger partial charge is 0.108 e. The van der Waals surface area contributed by atoms with Crippen molar-refractivity contribution in [1.29, 1.82) is 0 Å². The van der Waals surface area contributed by atoms with Crippen molar-refractivity contribution in [2.24, 2.45) is 0 Å². The molecule has 0 N–H and O–H groups in total. The first kappa shape index (κ1) is 10.0. The molecule has 11 heavy (non-hydrogen) atoms. The minimum absolute atomic E-state index is 0.513. The van der Waals surface area contributed by atoms with E-state index in [4.69, 9.17) is 4.74 Å². The summed E-state index contributed by atoms with van der Waals surface area (Å²) < 4.78 is 5.20. The molecule has 0 aromatic heterocycles. The molecule has 60 valence electrons. The maximum absolute atomic E-state index is 5.20. The molecule has 0 aromatic carbocycles. The van der Waals surface area contributed by atoms with Crippen LogP contribution in [-0.4, -0.2) is 13.2 Å². The molecule has 0 aliphatic rings. The van der Waals surface area contributed by atoms with Crippen LogP contribution < -0.4 is 0 Å². The lowest BCUT2D eigenvalue weighted by Crippen LogP contribution is -1.95. The van der Waals surface area contributed by atoms with Crippen LogP contribution in [0.4, 0.5) is 0 Å². The van der Waals surface area contributed by atoms with E-state index in [1.165, 1.54) is 0 Å². The molecule has 0 fully saturated rings. The highest BCUT2D eigenvalue weighted by molar-refractivity contribution is 5.08. The Kier molecular flexibility index (Phi) is 6.46. The Morgan fingerprint density at radius 2 is 2.36 bits per heavy atom. The molecule has 0 saturated carbocycles. The van der Waals surface area contributed by atoms with Gasteiger partial charge in [-0.25, -0.2) is 0 Å². The molecular weight excluding hydrogens is 136 g/mol. The quantitative estimate of drug-likeness (QED) is 0.339. The first-order chi connectivity index (χ1) is 5.31. The molecule has 0 atom stereocenters. The Labute approximate surface area is 68.8 Å². The standard InChI is InChI=1S/C10H14O/c1-4-6-8-11-9-10(3)7-5-2/h5,7H,2,8-9H2,1,3H3/b10-7+. The van der Waals surface area contributed by atoms with Gasteiger partial charge < -0.3 is 4.74 Å². The molecule has 0 amide bonds. The summed E-state index contributed by atoms with van der Waals surface area (Å²) in [4.78, 5) is 0. The van der Waals surface area contributed by atoms with E-state index in [0.29, 0.717) is 13.2 Å². The van der Waals surface area contributed by atoms with Gasteiger partial charge in [0.1, 0.15) is 6.61 Å². The first-order valence-electron chi connectivity index (χ1n) is 3.56. The van der Waals surface area contributed by atoms with Crippen molar-refractivity contribution in [1.82, 2.24) is 0 Å². The molecule has 0 aliphatic heterocycles. The van der Waals surface area contributed by atoms with Gasteiger partial charge in [0, 0.05) is 0 Å². The van der Waals surface area contributed by atoms with Crippen molar-refractivity contribution in [3.63, 3.8) is 0 Å². The van der Waals surface area contributed by atoms with E-state index in [0.717, 1.165) is 5.57 Å². The van der Waals surface area contributed by atoms with Crippen molar-refractivity contribution in [2.75, 3.05) is 13.2 Å². The molecule has 0 aliphatic carbocycles. The Balaban J connectivity index is 3.43. The average Bonchev–Trinajstić information content (AvgIpc) is 1.99. The molecule has 0 radical (unpaired) electrons. The van der Waals surface area contributed by atoms with E-state index in [2.05, 4.69) is 18.4 Å². The van der Waals surface area contributed by atoms with E-state index in [1.54, 1.807) is 13.0 Å². The lowest BCUT2D eigenvalue weighted by Gasteiger charge is -1.97. The van der Waals surface area contributed by atoms with E-state index >= 15 is 0 Å². The first-order valence-corrected chi connectivity index (χ1v) is 3.56. The third kappa shape index (κ3) is 6.89. The lowest BCUT2D eigenvalue weighted by atomic mass is 10.3. The fourth-order valence-electron chi connectivity index (χ4n) is 0.585. The minimum atomic E-state index is 0.513. The zero-order chi connectivity index (χ0) is 8.53. The summed E-state index contributed by atoms with van der Waals surface area (Å²) in [6.07, 6.45) is 3.68. The van der Waals surface area contributed by atoms with Gasteiger partial charge in [-0.2, -0.15) is 0 Å². The van der Waals surface area contributed by atoms with E-state index in [1.807, 2.05) is 13.0 Å². The summed E-state index contributed by atoms with van der Waals surface area (Å²) >= 11 is 0. The van der Waals surface area contributed by atoms with Crippen LogP contribution in [0, 0.1) is 11.8 Å². The molecule has 0 rings (SSSR count). The van der Waals surface area contributed by atoms with Crippen LogP contribution in [0.3, 0.4) is 0 Å². The molecule has 0 saturated heterocycles. The highest BCUT2D eigenvalue weighted by atomic mass is 16.5. The van der Waals surface area contributed by atoms with Gasteiger partial charge in [-0.3, -0.25) is 0 Å². The third-order valence-corrected chi connectivity index (χ3v) is 1.08. The monoisotopic (exact) mass is 150 g/mol. The second kappa shape index (κ2) is 7.11. The van der Waals surface area contributed by atoms with Crippen molar-refractivity contribution in [2.45, 2.75) is 13.8 Å². The zero-order valence-corrected chi connectivity index (χ0v) is 7.18. The second-order valence-corrected chi connectivity index (χ2v) is 2.17. The molecule has 0 heterocycles. The number of hydrogen-bond acceptors (Lipinski definition) is 1. The van der Waals surface area contributed by atoms with Crippen LogP contribution >= 0.6 is 0 Å². The van der Waals surface area contributed by atoms with E-state index in [-0.39, 0.29) is 0 Å². The predicted octanol–water partition coefficient (Wildman–Crippen LogP) is 2.16. The maximum atomic E-state index is 5.20. The van der Waals surface area contributed by atoms with Crippen LogP contribution in [0.15, 0.2) is 24.3 Å². The van der Waals surface area contributed by atoms with Crippen molar-refractivity contribution < 1.29 is 4.74 Å². The Bertz CT molecular complexity index is 191. The van der Waals surface area contributed by atoms with Crippen molar-refractivity contribution in [3.8, 4) is 11.8 Å². The predicted molar refractivity (Wildman–Crippen MR) is 48.2 cm³/mol. The van der Waals surface area contributed by atoms with Gasteiger partial charge in [-0.05, 0) is 19.4 Å². The van der Waals surface area contributed by atoms with Gasteiger partial charge in [0.15, 0.2) is 0 Å². The van der Waals surface area contributed by atoms with Gasteiger partial charge in [-0.1, -0.05) is 24.7 Å². The number of hydrogen-bond donors (Lipinski definition) is 0. The molecule has 0 unspecified atom stereocenters. The molecular formula is C10H14O. The highest BCUT2D eigenvalue weighted by Crippen LogP contribution is 1.92. The van der Waals surface area contributed by atoms with E-state index < -0.39 is 0 Å². The van der Waals surface area contributed by atoms with Crippen LogP contribution in [0.5, 0.6) is 0 Å². The Morgan fingerprint density at radius 3 is 2.91 bits per heavy atom. The van der Waals surface area contributed by atoms with Gasteiger partial charge in [0.2, 0.25) is 0 Å². The Hall–Kier alpha value is -1.00. The summed E-state index contributed by atoms with van der Waals surface area (Å²) in [7, 11) is 0. The van der Waals surface area contributed by atoms with E-state index in [9.17, 15) is 0 Å². The summed E-state index contributed by atoms with van der Waals surface area (Å²) in [5.74, 6) is 5.58. The van der Waals surface area contributed by atoms with Gasteiger partial charge in [-0.15, -0.1) is 5.92 Å². The Morgan fingerprint density at radius 1 is 1.64 bits per heavy atom. The molecule has 1 nitrogen and oxygen atoms in total. The fourth-order valence-corrected chi connectivity index (χ4v) is 0.585. The zero-order valence-electron chi connectivity index (χ0n) is 7.18. The van der Waals surface area contributed by atoms with Crippen LogP contribution in [0.1, 0.15) is 13.8 Å². The molecule has 0 spiro atoms. The normalized spacial score (nSPS) is 10.2. The highest BCUT2D eigenvalue weighted by Gasteiger charge is 1.85. The average molecular weight is 150 g/mol. The van der Waals surface area contributed by atoms with Gasteiger partial charge in [0.05, 0.1) is 6.61 Å².